The van der Waals surface area contributed by atoms with Gasteiger partial charge in [0.05, 0.1) is 0 Å². The molecule has 0 aliphatic rings. The summed E-state index contributed by atoms with van der Waals surface area (Å²) >= 11 is 34.6. The van der Waals surface area contributed by atoms with Crippen molar-refractivity contribution in [3.63, 3.8) is 0 Å². The molecule has 0 unspecified atom stereocenters. The van der Waals surface area contributed by atoms with Crippen LogP contribution in [0, 0.1) is 13.8 Å². The Morgan fingerprint density at radius 3 is 0.680 bits per heavy atom. The Bertz CT molecular complexity index is 219. The van der Waals surface area contributed by atoms with Crippen LogP contribution in [0.3, 0.4) is 0 Å². The summed E-state index contributed by atoms with van der Waals surface area (Å²) in [5.41, 5.74) is 18.6. The Labute approximate surface area is 226 Å². The molecular formula is C10H22Mo2N4S9-2. The van der Waals surface area contributed by atoms with Crippen LogP contribution >= 0.6 is 58.7 Å². The number of hydrogen-bond acceptors (Lipinski definition) is 9. The first-order valence-electron chi connectivity index (χ1n) is 5.37. The molecule has 0 rings (SSSR count). The van der Waals surface area contributed by atoms with E-state index in [4.69, 9.17) is 0 Å². The number of thiocarbonyl (C=S) groups is 4. The zero-order valence-corrected chi connectivity index (χ0v) is 25.0. The van der Waals surface area contributed by atoms with Gasteiger partial charge in [0.1, 0.15) is 0 Å². The van der Waals surface area contributed by atoms with Gasteiger partial charge in [0.15, 0.2) is 0 Å². The molecule has 25 heavy (non-hydrogen) atoms. The zero-order valence-electron chi connectivity index (χ0n) is 13.6. The predicted octanol–water partition coefficient (Wildman–Crippen LogP) is 2.21. The average Bonchev–Trinajstić information content (AvgIpc) is 2.29. The molecule has 0 saturated heterocycles. The van der Waals surface area contributed by atoms with Crippen LogP contribution in [-0.2, 0) is 89.6 Å². The summed E-state index contributed by atoms with van der Waals surface area (Å²) in [7, 11) is 4.09. The van der Waals surface area contributed by atoms with E-state index in [9.17, 15) is 0 Å². The van der Waals surface area contributed by atoms with Gasteiger partial charge in [-0.3, -0.25) is 0 Å². The van der Waals surface area contributed by atoms with Crippen molar-refractivity contribution >= 4 is 126 Å². The van der Waals surface area contributed by atoms with Gasteiger partial charge in [0, 0.05) is 0 Å². The van der Waals surface area contributed by atoms with Crippen LogP contribution in [-0.4, -0.2) is 17.3 Å². The minimum absolute atomic E-state index is 0. The predicted molar refractivity (Wildman–Crippen MR) is 135 cm³/mol. The van der Waals surface area contributed by atoms with E-state index >= 15 is 0 Å². The Hall–Kier alpha value is 2.04. The molecule has 0 saturated carbocycles. The summed E-state index contributed by atoms with van der Waals surface area (Å²) in [4.78, 5) is 0. The Morgan fingerprint density at radius 2 is 0.680 bits per heavy atom. The summed E-state index contributed by atoms with van der Waals surface area (Å²) in [5, 5.41) is 0. The molecule has 15 heteroatoms. The average molecular weight is 679 g/mol. The molecule has 0 spiro atoms. The number of hydrogen-bond donors (Lipinski definition) is 4. The van der Waals surface area contributed by atoms with Crippen molar-refractivity contribution < 1.29 is 39.1 Å². The van der Waals surface area contributed by atoms with E-state index in [2.05, 4.69) is 146 Å². The Balaban J connectivity index is -0.0000000226. The maximum atomic E-state index is 4.66. The van der Waals surface area contributed by atoms with Crippen molar-refractivity contribution in [3.8, 4) is 0 Å². The van der Waals surface area contributed by atoms with E-state index in [1.54, 1.807) is 0 Å². The van der Waals surface area contributed by atoms with Crippen molar-refractivity contribution in [3.05, 3.63) is 13.8 Å². The standard InChI is InChI=1S/2C3H7.4CH3NS2.2Mo.S/c2*1-3-2;4*2-1(3)4;;;/h2*1,3H2,2H3;4*(H3,2,3,4);;;/q2*-1;;;;;;+4;/p-4. The van der Waals surface area contributed by atoms with E-state index in [0.29, 0.717) is 0 Å². The molecule has 0 amide bonds. The molecular weight excluding hydrogens is 657 g/mol. The molecule has 0 radical (unpaired) electrons. The second kappa shape index (κ2) is 63.5. The fourth-order valence-corrected chi connectivity index (χ4v) is 0. The third-order valence-electron chi connectivity index (χ3n) is 0. The topological polar surface area (TPSA) is 104 Å². The van der Waals surface area contributed by atoms with Crippen molar-refractivity contribution in [2.75, 3.05) is 0 Å². The van der Waals surface area contributed by atoms with Crippen LogP contribution in [0.15, 0.2) is 0 Å². The summed E-state index contributed by atoms with van der Waals surface area (Å²) in [5.74, 6) is 0. The molecule has 0 atom stereocenters. The van der Waals surface area contributed by atoms with Gasteiger partial charge in [-0.15, -0.1) is 0 Å². The second-order valence-corrected chi connectivity index (χ2v) is 6.83. The fourth-order valence-electron chi connectivity index (χ4n) is 0. The SMILES string of the molecule is NC(=S)[S-].NC(=S)[S-].NC(=S)[S-].NC(=S)[S-].[CH2-]CC.[CH2-]CC.[Mo+4].[S]=[Mo]. The first-order valence-corrected chi connectivity index (χ1v) is 11.4. The van der Waals surface area contributed by atoms with E-state index in [-0.39, 0.29) is 38.3 Å². The van der Waals surface area contributed by atoms with E-state index in [1.807, 2.05) is 13.8 Å². The molecule has 0 aromatic carbocycles. The van der Waals surface area contributed by atoms with Crippen LogP contribution in [0.1, 0.15) is 26.7 Å². The number of nitrogens with two attached hydrogens (primary N) is 4. The molecule has 150 valence electrons. The Morgan fingerprint density at radius 1 is 0.680 bits per heavy atom. The molecule has 0 aliphatic carbocycles. The van der Waals surface area contributed by atoms with Gasteiger partial charge in [-0.05, 0) is 0 Å². The van der Waals surface area contributed by atoms with Crippen molar-refractivity contribution in [1.29, 1.82) is 0 Å². The molecule has 8 N–H and O–H groups in total. The van der Waals surface area contributed by atoms with Crippen LogP contribution < -0.4 is 22.9 Å². The van der Waals surface area contributed by atoms with Gasteiger partial charge in [-0.25, -0.2) is 0 Å². The van der Waals surface area contributed by atoms with Crippen LogP contribution in [0.25, 0.3) is 0 Å². The summed E-state index contributed by atoms with van der Waals surface area (Å²) in [6.45, 7) is 11.0. The molecule has 0 aromatic rings. The molecule has 0 heterocycles. The third kappa shape index (κ3) is 3630. The van der Waals surface area contributed by atoms with Crippen LogP contribution in [0.5, 0.6) is 0 Å². The molecule has 0 aliphatic heterocycles. The molecule has 4 nitrogen and oxygen atoms in total. The second-order valence-electron chi connectivity index (χ2n) is 2.28. The molecule has 0 aromatic heterocycles. The maximum absolute atomic E-state index is 4.66. The van der Waals surface area contributed by atoms with Gasteiger partial charge >= 0.3 is 48.9 Å². The fraction of sp³-hybridized carbons (Fsp3) is 0.400. The summed E-state index contributed by atoms with van der Waals surface area (Å²) in [6, 6.07) is 0. The zero-order chi connectivity index (χ0) is 21.7. The summed E-state index contributed by atoms with van der Waals surface area (Å²) < 4.78 is 0.333. The molecule has 0 fully saturated rings. The summed E-state index contributed by atoms with van der Waals surface area (Å²) in [6.07, 6.45) is 2.00. The quantitative estimate of drug-likeness (QED) is 0.131. The normalized spacial score (nSPS) is 5.44. The van der Waals surface area contributed by atoms with Crippen LogP contribution in [0.2, 0.25) is 0 Å². The minimum atomic E-state index is 0. The molecule has 0 bridgehead atoms. The number of rotatable bonds is 0. The van der Waals surface area contributed by atoms with Crippen molar-refractivity contribution in [2.45, 2.75) is 26.7 Å². The first kappa shape index (κ1) is 50.6. The third-order valence-corrected chi connectivity index (χ3v) is 0. The van der Waals surface area contributed by atoms with Gasteiger partial charge in [0.25, 0.3) is 0 Å². The van der Waals surface area contributed by atoms with Gasteiger partial charge in [0.2, 0.25) is 0 Å². The van der Waals surface area contributed by atoms with Crippen molar-refractivity contribution in [1.82, 2.24) is 0 Å². The van der Waals surface area contributed by atoms with Crippen LogP contribution in [0.4, 0.5) is 0 Å². The first-order chi connectivity index (χ1) is 10.8. The van der Waals surface area contributed by atoms with E-state index in [0.717, 1.165) is 12.8 Å². The van der Waals surface area contributed by atoms with Gasteiger partial charge in [-0.2, -0.15) is 12.8 Å². The Kier molecular flexibility index (Phi) is 128. The van der Waals surface area contributed by atoms with E-state index < -0.39 is 0 Å². The monoisotopic (exact) mass is 682 g/mol. The van der Waals surface area contributed by atoms with Crippen molar-refractivity contribution in [2.24, 2.45) is 22.9 Å². The van der Waals surface area contributed by atoms with Gasteiger partial charge < -0.3 is 136 Å². The van der Waals surface area contributed by atoms with E-state index in [1.165, 1.54) is 18.0 Å². The van der Waals surface area contributed by atoms with Gasteiger partial charge in [-0.1, -0.05) is 31.1 Å².